The van der Waals surface area contributed by atoms with Crippen molar-refractivity contribution < 1.29 is 14.2 Å². The lowest BCUT2D eigenvalue weighted by molar-refractivity contribution is 0.0535. The first kappa shape index (κ1) is 15.7. The van der Waals surface area contributed by atoms with Gasteiger partial charge in [-0.2, -0.15) is 4.98 Å². The molecule has 6 nitrogen and oxygen atoms in total. The van der Waals surface area contributed by atoms with E-state index in [9.17, 15) is 0 Å². The second-order valence-corrected chi connectivity index (χ2v) is 4.51. The minimum absolute atomic E-state index is 0.211. The summed E-state index contributed by atoms with van der Waals surface area (Å²) in [5.74, 6) is 1.90. The monoisotopic (exact) mass is 269 g/mol. The quantitative estimate of drug-likeness (QED) is 0.721. The van der Waals surface area contributed by atoms with Gasteiger partial charge >= 0.3 is 0 Å². The van der Waals surface area contributed by atoms with Crippen molar-refractivity contribution in [3.63, 3.8) is 0 Å². The molecule has 1 aromatic heterocycles. The molecular weight excluding hydrogens is 246 g/mol. The van der Waals surface area contributed by atoms with Crippen LogP contribution in [0.5, 0.6) is 5.88 Å². The van der Waals surface area contributed by atoms with Crippen LogP contribution < -0.4 is 10.5 Å². The van der Waals surface area contributed by atoms with Gasteiger partial charge in [-0.1, -0.05) is 13.8 Å². The zero-order chi connectivity index (χ0) is 14.3. The average Bonchev–Trinajstić information content (AvgIpc) is 2.37. The van der Waals surface area contributed by atoms with Crippen LogP contribution in [0.3, 0.4) is 0 Å². The van der Waals surface area contributed by atoms with Crippen molar-refractivity contribution in [3.05, 3.63) is 11.4 Å². The van der Waals surface area contributed by atoms with E-state index < -0.39 is 0 Å². The Morgan fingerprint density at radius 1 is 1.11 bits per heavy atom. The average molecular weight is 269 g/mol. The van der Waals surface area contributed by atoms with Gasteiger partial charge in [0, 0.05) is 13.0 Å². The van der Waals surface area contributed by atoms with Crippen molar-refractivity contribution in [1.29, 1.82) is 0 Å². The van der Waals surface area contributed by atoms with Crippen molar-refractivity contribution in [3.8, 4) is 5.88 Å². The zero-order valence-electron chi connectivity index (χ0n) is 12.1. The smallest absolute Gasteiger partial charge is 0.221 e. The fourth-order valence-corrected chi connectivity index (χ4v) is 1.37. The van der Waals surface area contributed by atoms with E-state index >= 15 is 0 Å². The van der Waals surface area contributed by atoms with E-state index in [1.54, 1.807) is 7.11 Å². The predicted molar refractivity (Wildman–Crippen MR) is 73.5 cm³/mol. The molecule has 0 spiro atoms. The summed E-state index contributed by atoms with van der Waals surface area (Å²) < 4.78 is 15.8. The molecular formula is C13H23N3O3. The highest BCUT2D eigenvalue weighted by molar-refractivity contribution is 5.44. The Morgan fingerprint density at radius 2 is 1.79 bits per heavy atom. The molecule has 0 radical (unpaired) electrons. The third-order valence-electron chi connectivity index (χ3n) is 2.57. The van der Waals surface area contributed by atoms with E-state index in [-0.39, 0.29) is 5.92 Å². The fourth-order valence-electron chi connectivity index (χ4n) is 1.37. The van der Waals surface area contributed by atoms with Gasteiger partial charge in [0.25, 0.3) is 0 Å². The summed E-state index contributed by atoms with van der Waals surface area (Å²) >= 11 is 0. The van der Waals surface area contributed by atoms with Gasteiger partial charge in [0.05, 0.1) is 25.4 Å². The standard InChI is InChI=1S/C13H23N3O3/c1-9(2)12-15-11(14)10(3)13(16-12)19-8-7-18-6-5-17-4/h9H,5-8H2,1-4H3,(H2,14,15,16). The van der Waals surface area contributed by atoms with Crippen molar-refractivity contribution >= 4 is 5.82 Å². The zero-order valence-corrected chi connectivity index (χ0v) is 12.1. The number of aromatic nitrogens is 2. The van der Waals surface area contributed by atoms with Crippen LogP contribution in [-0.2, 0) is 9.47 Å². The summed E-state index contributed by atoms with van der Waals surface area (Å²) in [6, 6.07) is 0. The maximum atomic E-state index is 5.85. The lowest BCUT2D eigenvalue weighted by Crippen LogP contribution is -2.13. The topological polar surface area (TPSA) is 79.5 Å². The third kappa shape index (κ3) is 5.00. The fraction of sp³-hybridized carbons (Fsp3) is 0.692. The van der Waals surface area contributed by atoms with E-state index in [4.69, 9.17) is 19.9 Å². The second kappa shape index (κ2) is 7.91. The van der Waals surface area contributed by atoms with Gasteiger partial charge in [0.1, 0.15) is 18.2 Å². The first-order valence-electron chi connectivity index (χ1n) is 6.39. The molecule has 1 rings (SSSR count). The summed E-state index contributed by atoms with van der Waals surface area (Å²) in [5, 5.41) is 0. The molecule has 0 bridgehead atoms. The molecule has 0 atom stereocenters. The Kier molecular flexibility index (Phi) is 6.52. The van der Waals surface area contributed by atoms with Gasteiger partial charge in [0.2, 0.25) is 5.88 Å². The van der Waals surface area contributed by atoms with E-state index in [0.29, 0.717) is 43.9 Å². The summed E-state index contributed by atoms with van der Waals surface area (Å²) in [7, 11) is 1.64. The summed E-state index contributed by atoms with van der Waals surface area (Å²) in [6.07, 6.45) is 0. The van der Waals surface area contributed by atoms with Crippen LogP contribution in [0, 0.1) is 6.92 Å². The molecule has 0 aliphatic carbocycles. The third-order valence-corrected chi connectivity index (χ3v) is 2.57. The Morgan fingerprint density at radius 3 is 2.42 bits per heavy atom. The molecule has 0 saturated carbocycles. The number of ether oxygens (including phenoxy) is 3. The number of nitrogen functional groups attached to an aromatic ring is 1. The number of hydrogen-bond donors (Lipinski definition) is 1. The van der Waals surface area contributed by atoms with Gasteiger partial charge in [-0.15, -0.1) is 0 Å². The highest BCUT2D eigenvalue weighted by Crippen LogP contribution is 2.22. The van der Waals surface area contributed by atoms with Gasteiger partial charge in [-0.05, 0) is 6.92 Å². The van der Waals surface area contributed by atoms with Gasteiger partial charge in [-0.25, -0.2) is 4.98 Å². The van der Waals surface area contributed by atoms with Gasteiger partial charge < -0.3 is 19.9 Å². The van der Waals surface area contributed by atoms with E-state index in [2.05, 4.69) is 9.97 Å². The summed E-state index contributed by atoms with van der Waals surface area (Å²) in [6.45, 7) is 7.94. The molecule has 0 fully saturated rings. The van der Waals surface area contributed by atoms with Gasteiger partial charge in [-0.3, -0.25) is 0 Å². The molecule has 0 amide bonds. The van der Waals surface area contributed by atoms with E-state index in [1.165, 1.54) is 0 Å². The molecule has 19 heavy (non-hydrogen) atoms. The van der Waals surface area contributed by atoms with E-state index in [0.717, 1.165) is 5.56 Å². The summed E-state index contributed by atoms with van der Waals surface area (Å²) in [4.78, 5) is 8.61. The largest absolute Gasteiger partial charge is 0.475 e. The van der Waals surface area contributed by atoms with Crippen molar-refractivity contribution in [2.45, 2.75) is 26.7 Å². The molecule has 0 saturated heterocycles. The molecule has 0 aliphatic heterocycles. The lowest BCUT2D eigenvalue weighted by Gasteiger charge is -2.12. The Balaban J connectivity index is 2.52. The number of anilines is 1. The Bertz CT molecular complexity index is 397. The maximum absolute atomic E-state index is 5.85. The van der Waals surface area contributed by atoms with Crippen molar-refractivity contribution in [1.82, 2.24) is 9.97 Å². The SMILES string of the molecule is COCCOCCOc1nc(C(C)C)nc(N)c1C. The maximum Gasteiger partial charge on any atom is 0.221 e. The molecule has 2 N–H and O–H groups in total. The van der Waals surface area contributed by atoms with Crippen LogP contribution in [0.2, 0.25) is 0 Å². The highest BCUT2D eigenvalue weighted by Gasteiger charge is 2.12. The lowest BCUT2D eigenvalue weighted by atomic mass is 10.2. The van der Waals surface area contributed by atoms with Crippen molar-refractivity contribution in [2.75, 3.05) is 39.3 Å². The number of hydrogen-bond acceptors (Lipinski definition) is 6. The molecule has 0 aliphatic rings. The number of nitrogens with two attached hydrogens (primary N) is 1. The molecule has 1 aromatic rings. The number of rotatable bonds is 8. The first-order chi connectivity index (χ1) is 9.06. The number of nitrogens with zero attached hydrogens (tertiary/aromatic N) is 2. The molecule has 0 aromatic carbocycles. The van der Waals surface area contributed by atoms with Crippen LogP contribution in [0.15, 0.2) is 0 Å². The van der Waals surface area contributed by atoms with Gasteiger partial charge in [0.15, 0.2) is 0 Å². The predicted octanol–water partition coefficient (Wildman–Crippen LogP) is 1.53. The molecule has 0 unspecified atom stereocenters. The van der Waals surface area contributed by atoms with Crippen LogP contribution in [0.1, 0.15) is 31.2 Å². The minimum Gasteiger partial charge on any atom is -0.475 e. The normalized spacial score (nSPS) is 11.0. The van der Waals surface area contributed by atoms with Crippen LogP contribution >= 0.6 is 0 Å². The number of methoxy groups -OCH3 is 1. The molecule has 108 valence electrons. The van der Waals surface area contributed by atoms with E-state index in [1.807, 2.05) is 20.8 Å². The molecule has 6 heteroatoms. The van der Waals surface area contributed by atoms with Crippen LogP contribution in [0.4, 0.5) is 5.82 Å². The Hall–Kier alpha value is -1.40. The molecule has 1 heterocycles. The second-order valence-electron chi connectivity index (χ2n) is 4.51. The van der Waals surface area contributed by atoms with Crippen LogP contribution in [-0.4, -0.2) is 43.5 Å². The van der Waals surface area contributed by atoms with Crippen LogP contribution in [0.25, 0.3) is 0 Å². The summed E-state index contributed by atoms with van der Waals surface area (Å²) in [5.41, 5.74) is 6.62. The first-order valence-corrected chi connectivity index (χ1v) is 6.39. The van der Waals surface area contributed by atoms with Crippen molar-refractivity contribution in [2.24, 2.45) is 0 Å². The highest BCUT2D eigenvalue weighted by atomic mass is 16.5. The minimum atomic E-state index is 0.211. The Labute approximate surface area is 114 Å².